The van der Waals surface area contributed by atoms with E-state index < -0.39 is 11.8 Å². The van der Waals surface area contributed by atoms with Crippen molar-refractivity contribution in [3.63, 3.8) is 0 Å². The van der Waals surface area contributed by atoms with E-state index in [9.17, 15) is 14.0 Å². The zero-order valence-corrected chi connectivity index (χ0v) is 10.4. The SMILES string of the molecule is O=C(C=Cc1ccccc1C(=O)O)c1ccc(F)cc1. The van der Waals surface area contributed by atoms with Crippen LogP contribution < -0.4 is 0 Å². The molecule has 0 amide bonds. The fourth-order valence-corrected chi connectivity index (χ4v) is 1.71. The lowest BCUT2D eigenvalue weighted by molar-refractivity contribution is 0.0696. The van der Waals surface area contributed by atoms with E-state index in [0.717, 1.165) is 0 Å². The molecular formula is C16H11FO3. The molecule has 0 saturated carbocycles. The Morgan fingerprint density at radius 2 is 1.65 bits per heavy atom. The van der Waals surface area contributed by atoms with Gasteiger partial charge in [-0.1, -0.05) is 24.3 Å². The van der Waals surface area contributed by atoms with E-state index in [1.165, 1.54) is 42.5 Å². The molecule has 0 aliphatic rings. The van der Waals surface area contributed by atoms with Crippen LogP contribution in [-0.4, -0.2) is 16.9 Å². The van der Waals surface area contributed by atoms with E-state index in [2.05, 4.69) is 0 Å². The van der Waals surface area contributed by atoms with Crippen molar-refractivity contribution in [1.82, 2.24) is 0 Å². The van der Waals surface area contributed by atoms with Gasteiger partial charge in [0.25, 0.3) is 0 Å². The number of carboxylic acids is 1. The number of aromatic carboxylic acids is 1. The van der Waals surface area contributed by atoms with Crippen molar-refractivity contribution in [2.24, 2.45) is 0 Å². The first kappa shape index (κ1) is 13.7. The van der Waals surface area contributed by atoms with Crippen LogP contribution in [0, 0.1) is 5.82 Å². The van der Waals surface area contributed by atoms with E-state index in [0.29, 0.717) is 11.1 Å². The first-order valence-corrected chi connectivity index (χ1v) is 5.88. The molecule has 0 saturated heterocycles. The summed E-state index contributed by atoms with van der Waals surface area (Å²) < 4.78 is 12.7. The summed E-state index contributed by atoms with van der Waals surface area (Å²) in [5.41, 5.74) is 0.904. The minimum Gasteiger partial charge on any atom is -0.478 e. The maximum atomic E-state index is 12.7. The largest absolute Gasteiger partial charge is 0.478 e. The molecule has 0 aromatic heterocycles. The van der Waals surface area contributed by atoms with Crippen molar-refractivity contribution in [2.45, 2.75) is 0 Å². The van der Waals surface area contributed by atoms with Crippen LogP contribution in [0.2, 0.25) is 0 Å². The number of carboxylic acid groups (broad SMARTS) is 1. The molecule has 0 bridgehead atoms. The minimum atomic E-state index is -1.06. The maximum absolute atomic E-state index is 12.7. The number of rotatable bonds is 4. The van der Waals surface area contributed by atoms with Crippen molar-refractivity contribution in [2.75, 3.05) is 0 Å². The summed E-state index contributed by atoms with van der Waals surface area (Å²) >= 11 is 0. The highest BCUT2D eigenvalue weighted by Gasteiger charge is 2.07. The summed E-state index contributed by atoms with van der Waals surface area (Å²) in [5.74, 6) is -1.79. The fourth-order valence-electron chi connectivity index (χ4n) is 1.71. The number of allylic oxidation sites excluding steroid dienone is 1. The van der Waals surface area contributed by atoms with Crippen molar-refractivity contribution >= 4 is 17.8 Å². The summed E-state index contributed by atoms with van der Waals surface area (Å²) in [6.45, 7) is 0. The standard InChI is InChI=1S/C16H11FO3/c17-13-8-5-12(6-9-13)15(18)10-7-11-3-1-2-4-14(11)16(19)20/h1-10H,(H,19,20). The number of halogens is 1. The van der Waals surface area contributed by atoms with Gasteiger partial charge in [0.05, 0.1) is 5.56 Å². The second-order valence-electron chi connectivity index (χ2n) is 4.10. The second kappa shape index (κ2) is 5.93. The van der Waals surface area contributed by atoms with Gasteiger partial charge in [0.2, 0.25) is 0 Å². The van der Waals surface area contributed by atoms with Crippen molar-refractivity contribution in [1.29, 1.82) is 0 Å². The van der Waals surface area contributed by atoms with Crippen LogP contribution in [0.4, 0.5) is 4.39 Å². The molecule has 0 spiro atoms. The lowest BCUT2D eigenvalue weighted by atomic mass is 10.1. The third-order valence-corrected chi connectivity index (χ3v) is 2.73. The summed E-state index contributed by atoms with van der Waals surface area (Å²) in [6, 6.07) is 11.5. The second-order valence-corrected chi connectivity index (χ2v) is 4.10. The predicted octanol–water partition coefficient (Wildman–Crippen LogP) is 3.42. The van der Waals surface area contributed by atoms with E-state index in [-0.39, 0.29) is 11.3 Å². The molecule has 2 rings (SSSR count). The average Bonchev–Trinajstić information content (AvgIpc) is 2.45. The van der Waals surface area contributed by atoms with Gasteiger partial charge in [0.15, 0.2) is 5.78 Å². The van der Waals surface area contributed by atoms with Crippen molar-refractivity contribution in [3.8, 4) is 0 Å². The number of hydrogen-bond donors (Lipinski definition) is 1. The van der Waals surface area contributed by atoms with Gasteiger partial charge in [0.1, 0.15) is 5.82 Å². The maximum Gasteiger partial charge on any atom is 0.336 e. The highest BCUT2D eigenvalue weighted by Crippen LogP contribution is 2.12. The van der Waals surface area contributed by atoms with Gasteiger partial charge in [-0.2, -0.15) is 0 Å². The highest BCUT2D eigenvalue weighted by molar-refractivity contribution is 6.07. The Bertz CT molecular complexity index is 672. The van der Waals surface area contributed by atoms with Crippen molar-refractivity contribution in [3.05, 3.63) is 77.1 Å². The number of carbonyl (C=O) groups excluding carboxylic acids is 1. The van der Waals surface area contributed by atoms with Crippen LogP contribution in [0.3, 0.4) is 0 Å². The third-order valence-electron chi connectivity index (χ3n) is 2.73. The molecular weight excluding hydrogens is 259 g/mol. The van der Waals surface area contributed by atoms with Gasteiger partial charge in [-0.15, -0.1) is 0 Å². The van der Waals surface area contributed by atoms with Crippen LogP contribution in [0.15, 0.2) is 54.6 Å². The molecule has 1 N–H and O–H groups in total. The molecule has 2 aromatic rings. The lowest BCUT2D eigenvalue weighted by Crippen LogP contribution is -1.99. The predicted molar refractivity (Wildman–Crippen MR) is 73.2 cm³/mol. The third kappa shape index (κ3) is 3.17. The van der Waals surface area contributed by atoms with E-state index in [1.54, 1.807) is 18.2 Å². The molecule has 0 fully saturated rings. The number of carbonyl (C=O) groups is 2. The molecule has 0 aliphatic carbocycles. The Morgan fingerprint density at radius 3 is 2.30 bits per heavy atom. The summed E-state index contributed by atoms with van der Waals surface area (Å²) in [7, 11) is 0. The Kier molecular flexibility index (Phi) is 4.05. The fraction of sp³-hybridized carbons (Fsp3) is 0. The van der Waals surface area contributed by atoms with Crippen LogP contribution in [0.1, 0.15) is 26.3 Å². The summed E-state index contributed by atoms with van der Waals surface area (Å²) in [5, 5.41) is 9.02. The minimum absolute atomic E-state index is 0.121. The average molecular weight is 270 g/mol. The van der Waals surface area contributed by atoms with Crippen LogP contribution in [-0.2, 0) is 0 Å². The number of ketones is 1. The molecule has 3 nitrogen and oxygen atoms in total. The molecule has 0 heterocycles. The molecule has 0 radical (unpaired) electrons. The van der Waals surface area contributed by atoms with Gasteiger partial charge >= 0.3 is 5.97 Å². The number of hydrogen-bond acceptors (Lipinski definition) is 2. The summed E-state index contributed by atoms with van der Waals surface area (Å²) in [6.07, 6.45) is 2.71. The zero-order chi connectivity index (χ0) is 14.5. The highest BCUT2D eigenvalue weighted by atomic mass is 19.1. The van der Waals surface area contributed by atoms with E-state index in [1.807, 2.05) is 0 Å². The van der Waals surface area contributed by atoms with Gasteiger partial charge < -0.3 is 5.11 Å². The zero-order valence-electron chi connectivity index (χ0n) is 10.4. The Labute approximate surface area is 115 Å². The molecule has 4 heteroatoms. The van der Waals surface area contributed by atoms with Crippen LogP contribution in [0.5, 0.6) is 0 Å². The monoisotopic (exact) mass is 270 g/mol. The van der Waals surface area contributed by atoms with E-state index in [4.69, 9.17) is 5.11 Å². The molecule has 100 valence electrons. The van der Waals surface area contributed by atoms with Gasteiger partial charge in [0, 0.05) is 5.56 Å². The summed E-state index contributed by atoms with van der Waals surface area (Å²) in [4.78, 5) is 22.9. The molecule has 0 aliphatic heterocycles. The van der Waals surface area contributed by atoms with Crippen LogP contribution in [0.25, 0.3) is 6.08 Å². The Balaban J connectivity index is 2.23. The molecule has 20 heavy (non-hydrogen) atoms. The molecule has 0 unspecified atom stereocenters. The molecule has 2 aromatic carbocycles. The van der Waals surface area contributed by atoms with Gasteiger partial charge in [-0.25, -0.2) is 9.18 Å². The quantitative estimate of drug-likeness (QED) is 0.684. The number of benzene rings is 2. The smallest absolute Gasteiger partial charge is 0.336 e. The normalized spacial score (nSPS) is 10.7. The first-order valence-electron chi connectivity index (χ1n) is 5.88. The topological polar surface area (TPSA) is 54.4 Å². The van der Waals surface area contributed by atoms with Gasteiger partial charge in [-0.05, 0) is 42.0 Å². The van der Waals surface area contributed by atoms with Crippen LogP contribution >= 0.6 is 0 Å². The van der Waals surface area contributed by atoms with Crippen molar-refractivity contribution < 1.29 is 19.1 Å². The Hall–Kier alpha value is -2.75. The Morgan fingerprint density at radius 1 is 1.00 bits per heavy atom. The lowest BCUT2D eigenvalue weighted by Gasteiger charge is -2.00. The molecule has 0 atom stereocenters. The van der Waals surface area contributed by atoms with Gasteiger partial charge in [-0.3, -0.25) is 4.79 Å². The first-order chi connectivity index (χ1) is 9.58. The van der Waals surface area contributed by atoms with E-state index >= 15 is 0 Å².